The first-order chi connectivity index (χ1) is 13.7. The number of benzene rings is 2. The molecule has 0 aromatic heterocycles. The summed E-state index contributed by atoms with van der Waals surface area (Å²) in [6, 6.07) is 13.2. The summed E-state index contributed by atoms with van der Waals surface area (Å²) in [5, 5.41) is 2.60. The summed E-state index contributed by atoms with van der Waals surface area (Å²) in [7, 11) is -1.64. The number of rotatable bonds is 9. The fourth-order valence-corrected chi connectivity index (χ4v) is 3.49. The third-order valence-corrected chi connectivity index (χ3v) is 5.66. The minimum Gasteiger partial charge on any atom is -0.493 e. The molecule has 0 aliphatic rings. The zero-order chi connectivity index (χ0) is 21.4. The summed E-state index contributed by atoms with van der Waals surface area (Å²) in [6.45, 7) is 0.672. The fourth-order valence-electron chi connectivity index (χ4n) is 2.43. The molecule has 0 bridgehead atoms. The molecule has 2 aromatic rings. The Hall–Kier alpha value is -2.39. The number of nitrogens with zero attached hydrogens (tertiary/aromatic N) is 1. The zero-order valence-corrected chi connectivity index (χ0v) is 18.6. The van der Waals surface area contributed by atoms with Gasteiger partial charge in [0, 0.05) is 29.9 Å². The Morgan fingerprint density at radius 1 is 1.14 bits per heavy atom. The number of likely N-dealkylation sites (N-methyl/N-ethyl adjacent to an activating group) is 1. The number of nitrogens with one attached hydrogen (secondary N) is 1. The van der Waals surface area contributed by atoms with E-state index in [1.54, 1.807) is 37.4 Å². The van der Waals surface area contributed by atoms with E-state index in [2.05, 4.69) is 21.2 Å². The van der Waals surface area contributed by atoms with E-state index >= 15 is 0 Å². The molecule has 0 unspecified atom stereocenters. The highest BCUT2D eigenvalue weighted by Crippen LogP contribution is 2.17. The number of ether oxygens (including phenoxy) is 1. The molecule has 2 rings (SSSR count). The molecule has 156 valence electrons. The van der Waals surface area contributed by atoms with Gasteiger partial charge in [-0.25, -0.2) is 8.42 Å². The minimum absolute atomic E-state index is 0.0981. The molecule has 0 spiro atoms. The number of amides is 2. The van der Waals surface area contributed by atoms with Gasteiger partial charge in [0.1, 0.15) is 5.75 Å². The minimum atomic E-state index is -3.29. The van der Waals surface area contributed by atoms with Crippen LogP contribution >= 0.6 is 15.9 Å². The average Bonchev–Trinajstić information content (AvgIpc) is 2.68. The van der Waals surface area contributed by atoms with E-state index in [1.807, 2.05) is 6.07 Å². The molecule has 7 nitrogen and oxygen atoms in total. The summed E-state index contributed by atoms with van der Waals surface area (Å²) in [5.74, 6) is -0.0715. The van der Waals surface area contributed by atoms with Crippen LogP contribution in [0.5, 0.6) is 5.75 Å². The molecule has 9 heteroatoms. The van der Waals surface area contributed by atoms with Crippen LogP contribution in [0, 0.1) is 0 Å². The van der Waals surface area contributed by atoms with Crippen molar-refractivity contribution < 1.29 is 22.7 Å². The van der Waals surface area contributed by atoms with Crippen LogP contribution in [0.15, 0.2) is 57.9 Å². The summed E-state index contributed by atoms with van der Waals surface area (Å²) in [5.41, 5.74) is 0.472. The Morgan fingerprint density at radius 2 is 1.86 bits per heavy atom. The number of carbonyl (C=O) groups is 2. The highest BCUT2D eigenvalue weighted by atomic mass is 79.9. The van der Waals surface area contributed by atoms with Crippen molar-refractivity contribution in [2.24, 2.45) is 0 Å². The highest BCUT2D eigenvalue weighted by molar-refractivity contribution is 9.10. The van der Waals surface area contributed by atoms with E-state index in [-0.39, 0.29) is 23.3 Å². The number of carbonyl (C=O) groups excluding carboxylic acids is 2. The van der Waals surface area contributed by atoms with E-state index in [1.165, 1.54) is 17.0 Å². The Kier molecular flexibility index (Phi) is 8.21. The highest BCUT2D eigenvalue weighted by Gasteiger charge is 2.12. The quantitative estimate of drug-likeness (QED) is 0.554. The summed E-state index contributed by atoms with van der Waals surface area (Å²) >= 11 is 3.30. The van der Waals surface area contributed by atoms with Crippen LogP contribution in [0.3, 0.4) is 0 Å². The van der Waals surface area contributed by atoms with E-state index < -0.39 is 9.84 Å². The first-order valence-electron chi connectivity index (χ1n) is 8.87. The lowest BCUT2D eigenvalue weighted by Crippen LogP contribution is -2.38. The van der Waals surface area contributed by atoms with Gasteiger partial charge in [-0.2, -0.15) is 0 Å². The van der Waals surface area contributed by atoms with E-state index in [0.29, 0.717) is 30.9 Å². The maximum Gasteiger partial charge on any atom is 0.251 e. The molecule has 0 radical (unpaired) electrons. The third-order valence-electron chi connectivity index (χ3n) is 4.05. The summed E-state index contributed by atoms with van der Waals surface area (Å²) in [4.78, 5) is 25.9. The largest absolute Gasteiger partial charge is 0.493 e. The molecular formula is C20H23BrN2O5S. The van der Waals surface area contributed by atoms with Crippen molar-refractivity contribution in [3.63, 3.8) is 0 Å². The van der Waals surface area contributed by atoms with Crippen LogP contribution in [-0.2, 0) is 14.6 Å². The molecule has 0 fully saturated rings. The molecular weight excluding hydrogens is 460 g/mol. The average molecular weight is 483 g/mol. The molecule has 0 saturated heterocycles. The molecule has 0 aliphatic heterocycles. The monoisotopic (exact) mass is 482 g/mol. The van der Waals surface area contributed by atoms with E-state index in [9.17, 15) is 18.0 Å². The zero-order valence-electron chi connectivity index (χ0n) is 16.2. The Bertz CT molecular complexity index is 978. The summed E-state index contributed by atoms with van der Waals surface area (Å²) < 4.78 is 29.5. The second-order valence-electron chi connectivity index (χ2n) is 6.46. The van der Waals surface area contributed by atoms with Crippen molar-refractivity contribution in [1.29, 1.82) is 0 Å². The number of hydrogen-bond donors (Lipinski definition) is 1. The normalized spacial score (nSPS) is 11.0. The summed E-state index contributed by atoms with van der Waals surface area (Å²) in [6.07, 6.45) is 1.70. The molecule has 1 N–H and O–H groups in total. The Labute approximate surface area is 179 Å². The molecule has 29 heavy (non-hydrogen) atoms. The number of sulfone groups is 1. The molecule has 0 saturated carbocycles. The van der Waals surface area contributed by atoms with Gasteiger partial charge in [0.05, 0.1) is 18.0 Å². The van der Waals surface area contributed by atoms with Crippen LogP contribution in [0.1, 0.15) is 16.8 Å². The maximum atomic E-state index is 12.2. The molecule has 2 aromatic carbocycles. The predicted molar refractivity (Wildman–Crippen MR) is 114 cm³/mol. The maximum absolute atomic E-state index is 12.2. The predicted octanol–water partition coefficient (Wildman–Crippen LogP) is 2.51. The Morgan fingerprint density at radius 3 is 2.55 bits per heavy atom. The fraction of sp³-hybridized carbons (Fsp3) is 0.300. The second-order valence-corrected chi connectivity index (χ2v) is 9.39. The first kappa shape index (κ1) is 22.9. The van der Waals surface area contributed by atoms with Crippen molar-refractivity contribution in [1.82, 2.24) is 10.2 Å². The van der Waals surface area contributed by atoms with Crippen molar-refractivity contribution in [3.8, 4) is 5.75 Å². The van der Waals surface area contributed by atoms with Gasteiger partial charge in [0.15, 0.2) is 9.84 Å². The third kappa shape index (κ3) is 7.51. The van der Waals surface area contributed by atoms with Gasteiger partial charge in [-0.3, -0.25) is 9.59 Å². The molecule has 2 amide bonds. The first-order valence-corrected chi connectivity index (χ1v) is 11.6. The SMILES string of the molecule is CN(CCCOc1cccc(S(C)(=O)=O)c1)C(=O)CNC(=O)c1cccc(Br)c1. The smallest absolute Gasteiger partial charge is 0.251 e. The standard InChI is InChI=1S/C20H23BrN2O5S/c1-23(19(24)14-22-20(25)15-6-3-7-16(21)12-15)10-5-11-28-17-8-4-9-18(13-17)29(2,26)27/h3-4,6-9,12-13H,5,10-11,14H2,1-2H3,(H,22,25). The van der Waals surface area contributed by atoms with Gasteiger partial charge in [-0.15, -0.1) is 0 Å². The van der Waals surface area contributed by atoms with Crippen LogP contribution in [0.4, 0.5) is 0 Å². The van der Waals surface area contributed by atoms with Gasteiger partial charge in [-0.1, -0.05) is 28.1 Å². The molecule has 0 atom stereocenters. The van der Waals surface area contributed by atoms with Crippen LogP contribution < -0.4 is 10.1 Å². The lowest BCUT2D eigenvalue weighted by Gasteiger charge is -2.17. The van der Waals surface area contributed by atoms with Crippen LogP contribution in [-0.4, -0.2) is 58.1 Å². The van der Waals surface area contributed by atoms with Gasteiger partial charge in [-0.05, 0) is 42.8 Å². The van der Waals surface area contributed by atoms with E-state index in [4.69, 9.17) is 4.74 Å². The lowest BCUT2D eigenvalue weighted by molar-refractivity contribution is -0.128. The van der Waals surface area contributed by atoms with Crippen molar-refractivity contribution >= 4 is 37.6 Å². The van der Waals surface area contributed by atoms with E-state index in [0.717, 1.165) is 10.7 Å². The lowest BCUT2D eigenvalue weighted by atomic mass is 10.2. The van der Waals surface area contributed by atoms with Gasteiger partial charge in [0.25, 0.3) is 5.91 Å². The number of halogens is 1. The van der Waals surface area contributed by atoms with Gasteiger partial charge in [0.2, 0.25) is 5.91 Å². The molecule has 0 aliphatic carbocycles. The topological polar surface area (TPSA) is 92.8 Å². The van der Waals surface area contributed by atoms with Crippen molar-refractivity contribution in [3.05, 3.63) is 58.6 Å². The molecule has 0 heterocycles. The van der Waals surface area contributed by atoms with Gasteiger partial charge >= 0.3 is 0 Å². The van der Waals surface area contributed by atoms with Crippen LogP contribution in [0.2, 0.25) is 0 Å². The number of hydrogen-bond acceptors (Lipinski definition) is 5. The van der Waals surface area contributed by atoms with Gasteiger partial charge < -0.3 is 15.0 Å². The van der Waals surface area contributed by atoms with Crippen molar-refractivity contribution in [2.45, 2.75) is 11.3 Å². The van der Waals surface area contributed by atoms with Crippen LogP contribution in [0.25, 0.3) is 0 Å². The second kappa shape index (κ2) is 10.4. The van der Waals surface area contributed by atoms with Crippen molar-refractivity contribution in [2.75, 3.05) is 33.0 Å². The Balaban J connectivity index is 1.73.